The molecule has 0 saturated carbocycles. The van der Waals surface area contributed by atoms with E-state index in [1.54, 1.807) is 0 Å². The number of rotatable bonds is 2. The molecular formula is C7H10F3N3O7S2. The first-order valence-electron chi connectivity index (χ1n) is 4.93. The molecule has 0 aromatic heterocycles. The fraction of sp³-hybridized carbons (Fsp3) is 0.571. The molecule has 0 N–H and O–H groups in total. The second-order valence-corrected chi connectivity index (χ2v) is 4.01. The summed E-state index contributed by atoms with van der Waals surface area (Å²) in [7, 11) is 0. The van der Waals surface area contributed by atoms with Crippen molar-refractivity contribution in [3.05, 3.63) is 10.2 Å². The smallest absolute Gasteiger partial charge is 0.440 e. The Kier molecular flexibility index (Phi) is 14.0. The van der Waals surface area contributed by atoms with Gasteiger partial charge in [-0.25, -0.2) is 8.78 Å². The molecule has 2 heterocycles. The highest BCUT2D eigenvalue weighted by Crippen LogP contribution is 2.04. The molecule has 0 spiro atoms. The molecule has 0 saturated heterocycles. The van der Waals surface area contributed by atoms with Crippen LogP contribution in [0.1, 0.15) is 13.3 Å². The highest BCUT2D eigenvalue weighted by Gasteiger charge is 2.16. The molecule has 15 heteroatoms. The summed E-state index contributed by atoms with van der Waals surface area (Å²) in [4.78, 5) is 0. The summed E-state index contributed by atoms with van der Waals surface area (Å²) >= 11 is -3.55. The van der Waals surface area contributed by atoms with Crippen molar-refractivity contribution in [2.45, 2.75) is 13.3 Å². The van der Waals surface area contributed by atoms with Crippen LogP contribution in [0.15, 0.2) is 10.3 Å². The molecule has 2 aliphatic heterocycles. The second-order valence-electron chi connectivity index (χ2n) is 2.56. The summed E-state index contributed by atoms with van der Waals surface area (Å²) in [6.45, 7) is 0.0694. The van der Waals surface area contributed by atoms with Gasteiger partial charge >= 0.3 is 28.8 Å². The zero-order chi connectivity index (χ0) is 16.1. The SMILES string of the molecule is CCC1=NOS(=O)O1.O=S1ON=C(C[18F])O1.[18FH].[O-][N+]#CC[18F]. The van der Waals surface area contributed by atoms with Gasteiger partial charge in [0.05, 0.1) is 0 Å². The van der Waals surface area contributed by atoms with Crippen molar-refractivity contribution in [1.29, 1.82) is 0 Å². The van der Waals surface area contributed by atoms with E-state index >= 15 is 0 Å². The molecule has 0 amide bonds. The number of halogens is 3. The van der Waals surface area contributed by atoms with Crippen LogP contribution in [-0.2, 0) is 39.7 Å². The Hall–Kier alpha value is -2.08. The van der Waals surface area contributed by atoms with Crippen LogP contribution in [0.25, 0.3) is 5.01 Å². The minimum absolute atomic E-state index is 0. The number of hydrogen-bond acceptors (Lipinski definition) is 9. The lowest BCUT2D eigenvalue weighted by Gasteiger charge is -1.84. The Balaban J connectivity index is 0. The van der Waals surface area contributed by atoms with Crippen LogP contribution in [0.3, 0.4) is 0 Å². The van der Waals surface area contributed by atoms with Crippen molar-refractivity contribution in [2.75, 3.05) is 13.3 Å². The molecular weight excluding hydrogens is 356 g/mol. The van der Waals surface area contributed by atoms with Crippen LogP contribution >= 0.6 is 0 Å². The average Bonchev–Trinajstić information content (AvgIpc) is 3.09. The third-order valence-electron chi connectivity index (χ3n) is 1.27. The quantitative estimate of drug-likeness (QED) is 0.672. The monoisotopic (exact) mass is 366 g/mol. The van der Waals surface area contributed by atoms with E-state index in [0.29, 0.717) is 12.3 Å². The second kappa shape index (κ2) is 13.9. The molecule has 2 atom stereocenters. The Bertz CT molecular complexity index is 459. The van der Waals surface area contributed by atoms with E-state index in [0.717, 1.165) is 0 Å². The zero-order valence-corrected chi connectivity index (χ0v) is 12.4. The molecule has 2 rings (SSSR count). The Labute approximate surface area is 127 Å². The first-order chi connectivity index (χ1) is 10.1. The van der Waals surface area contributed by atoms with Gasteiger partial charge in [0.1, 0.15) is 0 Å². The first kappa shape index (κ1) is 22.2. The summed E-state index contributed by atoms with van der Waals surface area (Å²) in [5.74, 6) is 0.117. The summed E-state index contributed by atoms with van der Waals surface area (Å²) < 4.78 is 58.9. The third kappa shape index (κ3) is 10.7. The molecule has 128 valence electrons. The lowest BCUT2D eigenvalue weighted by atomic mass is 10.5. The van der Waals surface area contributed by atoms with Gasteiger partial charge in [-0.3, -0.25) is 13.3 Å². The Morgan fingerprint density at radius 2 is 1.68 bits per heavy atom. The maximum Gasteiger partial charge on any atom is 0.440 e. The van der Waals surface area contributed by atoms with Crippen molar-refractivity contribution >= 4 is 34.5 Å². The van der Waals surface area contributed by atoms with Crippen LogP contribution in [-0.4, -0.2) is 33.6 Å². The van der Waals surface area contributed by atoms with Crippen molar-refractivity contribution in [3.8, 4) is 6.07 Å². The average molecular weight is 366 g/mol. The molecule has 22 heavy (non-hydrogen) atoms. The molecule has 2 aliphatic rings. The molecule has 0 fully saturated rings. The topological polar surface area (TPSA) is 123 Å². The van der Waals surface area contributed by atoms with Gasteiger partial charge in [-0.05, 0) is 10.3 Å². The standard InChI is InChI=1S/C3H5NO3S.C2H2FNO3S.C2H2FNO.FH/c1-2-3-4-7-8(5)6-3;3-1-2-4-7-8(5)6-2;3-1-2-4-5;/h2H2,1H3;1H2;1H2;1H/i;2*3-1;1-1. The van der Waals surface area contributed by atoms with Gasteiger partial charge in [0.15, 0.2) is 6.67 Å². The number of oxime groups is 2. The van der Waals surface area contributed by atoms with Crippen LogP contribution < -0.4 is 0 Å². The predicted molar refractivity (Wildman–Crippen MR) is 70.9 cm³/mol. The van der Waals surface area contributed by atoms with Crippen LogP contribution in [0.2, 0.25) is 0 Å². The van der Waals surface area contributed by atoms with E-state index in [9.17, 15) is 17.2 Å². The lowest BCUT2D eigenvalue weighted by molar-refractivity contribution is 0.370. The summed E-state index contributed by atoms with van der Waals surface area (Å²) in [6, 6.07) is 1.51. The molecule has 0 radical (unpaired) electrons. The largest absolute Gasteiger partial charge is 0.498 e. The van der Waals surface area contributed by atoms with E-state index in [1.165, 1.54) is 6.07 Å². The maximum atomic E-state index is 11.4. The van der Waals surface area contributed by atoms with Crippen molar-refractivity contribution < 1.29 is 38.8 Å². The highest BCUT2D eigenvalue weighted by atomic mass is 32.2. The minimum Gasteiger partial charge on any atom is -0.498 e. The summed E-state index contributed by atoms with van der Waals surface area (Å²) in [5, 5.41) is 17.1. The molecule has 0 aromatic carbocycles. The predicted octanol–water partition coefficient (Wildman–Crippen LogP) is 1.17. The number of hydrogen-bond donors (Lipinski definition) is 0. The first-order valence-corrected chi connectivity index (χ1v) is 6.93. The molecule has 10 nitrogen and oxygen atoms in total. The van der Waals surface area contributed by atoms with Gasteiger partial charge in [-0.1, -0.05) is 6.92 Å². The van der Waals surface area contributed by atoms with Crippen molar-refractivity contribution in [3.63, 3.8) is 0 Å². The maximum absolute atomic E-state index is 11.4. The Morgan fingerprint density at radius 1 is 1.18 bits per heavy atom. The van der Waals surface area contributed by atoms with Crippen molar-refractivity contribution in [1.82, 2.24) is 0 Å². The molecule has 0 bridgehead atoms. The van der Waals surface area contributed by atoms with Crippen LogP contribution in [0.4, 0.5) is 13.5 Å². The van der Waals surface area contributed by atoms with Gasteiger partial charge in [-0.2, -0.15) is 8.42 Å². The Morgan fingerprint density at radius 3 is 1.82 bits per heavy atom. The molecule has 0 aromatic rings. The highest BCUT2D eigenvalue weighted by molar-refractivity contribution is 7.76. The molecule has 0 aliphatic carbocycles. The zero-order valence-electron chi connectivity index (χ0n) is 10.8. The summed E-state index contributed by atoms with van der Waals surface area (Å²) in [6.07, 6.45) is 0.617. The molecule has 2 unspecified atom stereocenters. The van der Waals surface area contributed by atoms with Gasteiger partial charge < -0.3 is 13.6 Å². The van der Waals surface area contributed by atoms with Crippen LogP contribution in [0, 0.1) is 11.3 Å². The van der Waals surface area contributed by atoms with Gasteiger partial charge in [0.2, 0.25) is 12.6 Å². The van der Waals surface area contributed by atoms with E-state index in [2.05, 4.69) is 27.2 Å². The third-order valence-corrected chi connectivity index (χ3v) is 2.32. The number of nitrogens with zero attached hydrogens (tertiary/aromatic N) is 3. The van der Waals surface area contributed by atoms with E-state index in [4.69, 9.17) is 5.21 Å². The summed E-state index contributed by atoms with van der Waals surface area (Å²) in [5.41, 5.74) is 0. The van der Waals surface area contributed by atoms with E-state index in [1.807, 2.05) is 11.9 Å². The van der Waals surface area contributed by atoms with Crippen LogP contribution in [0.5, 0.6) is 0 Å². The normalized spacial score (nSPS) is 20.1. The van der Waals surface area contributed by atoms with Crippen molar-refractivity contribution in [2.24, 2.45) is 10.3 Å². The fourth-order valence-corrected chi connectivity index (χ4v) is 1.44. The van der Waals surface area contributed by atoms with Gasteiger partial charge in [0.25, 0.3) is 5.90 Å². The number of alkyl halides is 2. The lowest BCUT2D eigenvalue weighted by Crippen LogP contribution is -2.00. The fourth-order valence-electron chi connectivity index (χ4n) is 0.556. The van der Waals surface area contributed by atoms with Gasteiger partial charge in [0, 0.05) is 11.4 Å². The minimum atomic E-state index is -1.90. The van der Waals surface area contributed by atoms with Gasteiger partial charge in [-0.15, -0.1) is 0 Å². The van der Waals surface area contributed by atoms with E-state index < -0.39 is 36.1 Å². The van der Waals surface area contributed by atoms with E-state index in [-0.39, 0.29) is 10.6 Å².